The maximum absolute atomic E-state index is 6.07. The number of aromatic nitrogens is 2. The van der Waals surface area contributed by atoms with E-state index in [2.05, 4.69) is 21.8 Å². The van der Waals surface area contributed by atoms with Crippen molar-refractivity contribution in [1.82, 2.24) is 9.97 Å². The van der Waals surface area contributed by atoms with Gasteiger partial charge >= 0.3 is 0 Å². The van der Waals surface area contributed by atoms with Gasteiger partial charge in [-0.1, -0.05) is 18.5 Å². The molecule has 4 nitrogen and oxygen atoms in total. The van der Waals surface area contributed by atoms with Gasteiger partial charge in [0.1, 0.15) is 22.6 Å². The third kappa shape index (κ3) is 2.66. The summed E-state index contributed by atoms with van der Waals surface area (Å²) in [6, 6.07) is 6.02. The number of piperidine rings is 1. The van der Waals surface area contributed by atoms with Gasteiger partial charge in [-0.15, -0.1) is 0 Å². The first kappa shape index (κ1) is 13.4. The van der Waals surface area contributed by atoms with Crippen molar-refractivity contribution in [3.63, 3.8) is 0 Å². The first-order valence-electron chi connectivity index (χ1n) is 6.94. The Bertz CT molecular complexity index is 565. The molecular formula is C15H18ClN3O. The summed E-state index contributed by atoms with van der Waals surface area (Å²) < 4.78 is 5.62. The van der Waals surface area contributed by atoms with Gasteiger partial charge in [0, 0.05) is 12.6 Å². The molecule has 1 saturated heterocycles. The molecule has 0 unspecified atom stereocenters. The summed E-state index contributed by atoms with van der Waals surface area (Å²) in [5.41, 5.74) is 0. The molecule has 0 aromatic carbocycles. The predicted molar refractivity (Wildman–Crippen MR) is 79.0 cm³/mol. The van der Waals surface area contributed by atoms with Crippen LogP contribution in [0.15, 0.2) is 28.9 Å². The number of halogens is 1. The molecule has 0 amide bonds. The highest BCUT2D eigenvalue weighted by molar-refractivity contribution is 6.29. The molecular weight excluding hydrogens is 274 g/mol. The second-order valence-electron chi connectivity index (χ2n) is 5.45. The lowest BCUT2D eigenvalue weighted by molar-refractivity contribution is 0.327. The molecule has 2 atom stereocenters. The molecule has 0 spiro atoms. The minimum atomic E-state index is 0.221. The van der Waals surface area contributed by atoms with Crippen LogP contribution in [0.5, 0.6) is 0 Å². The summed E-state index contributed by atoms with van der Waals surface area (Å²) in [6.45, 7) is 5.11. The van der Waals surface area contributed by atoms with Gasteiger partial charge in [0.05, 0.1) is 12.3 Å². The maximum atomic E-state index is 6.07. The van der Waals surface area contributed by atoms with E-state index in [-0.39, 0.29) is 6.04 Å². The third-order valence-electron chi connectivity index (χ3n) is 3.82. The van der Waals surface area contributed by atoms with E-state index in [0.717, 1.165) is 31.0 Å². The Morgan fingerprint density at radius 2 is 2.25 bits per heavy atom. The molecule has 2 aromatic heterocycles. The maximum Gasteiger partial charge on any atom is 0.134 e. The molecule has 1 aliphatic heterocycles. The van der Waals surface area contributed by atoms with Crippen LogP contribution < -0.4 is 4.90 Å². The SMILES string of the molecule is Cc1nc(Cl)cc(N2CC[C@@H](C)C[C@H]2c2ccco2)n1. The fraction of sp³-hybridized carbons (Fsp3) is 0.467. The van der Waals surface area contributed by atoms with E-state index in [9.17, 15) is 0 Å². The monoisotopic (exact) mass is 291 g/mol. The smallest absolute Gasteiger partial charge is 0.134 e. The molecule has 1 fully saturated rings. The van der Waals surface area contributed by atoms with Crippen molar-refractivity contribution < 1.29 is 4.42 Å². The molecule has 5 heteroatoms. The zero-order valence-corrected chi connectivity index (χ0v) is 12.5. The summed E-state index contributed by atoms with van der Waals surface area (Å²) in [5.74, 6) is 3.25. The Morgan fingerprint density at radius 1 is 1.40 bits per heavy atom. The minimum absolute atomic E-state index is 0.221. The molecule has 0 saturated carbocycles. The largest absolute Gasteiger partial charge is 0.467 e. The lowest BCUT2D eigenvalue weighted by Gasteiger charge is -2.38. The fourth-order valence-electron chi connectivity index (χ4n) is 2.83. The van der Waals surface area contributed by atoms with Gasteiger partial charge in [0.15, 0.2) is 0 Å². The average molecular weight is 292 g/mol. The molecule has 0 N–H and O–H groups in total. The van der Waals surface area contributed by atoms with Crippen LogP contribution in [0.1, 0.15) is 37.4 Å². The van der Waals surface area contributed by atoms with Crippen molar-refractivity contribution >= 4 is 17.4 Å². The summed E-state index contributed by atoms with van der Waals surface area (Å²) in [6.07, 6.45) is 3.94. The van der Waals surface area contributed by atoms with E-state index in [0.29, 0.717) is 16.9 Å². The lowest BCUT2D eigenvalue weighted by atomic mass is 9.91. The molecule has 0 radical (unpaired) electrons. The molecule has 2 aromatic rings. The summed E-state index contributed by atoms with van der Waals surface area (Å²) in [7, 11) is 0. The fourth-order valence-corrected chi connectivity index (χ4v) is 3.05. The number of nitrogens with zero attached hydrogens (tertiary/aromatic N) is 3. The van der Waals surface area contributed by atoms with Gasteiger partial charge in [-0.05, 0) is 37.8 Å². The van der Waals surface area contributed by atoms with Gasteiger partial charge in [0.2, 0.25) is 0 Å². The van der Waals surface area contributed by atoms with E-state index in [1.807, 2.05) is 25.1 Å². The number of anilines is 1. The standard InChI is InChI=1S/C15H18ClN3O/c1-10-5-6-19(12(8-10)13-4-3-7-20-13)15-9-14(16)17-11(2)18-15/h3-4,7,9-10,12H,5-6,8H2,1-2H3/t10-,12+/m1/s1. The second kappa shape index (κ2) is 5.44. The highest BCUT2D eigenvalue weighted by atomic mass is 35.5. The van der Waals surface area contributed by atoms with Crippen molar-refractivity contribution in [2.24, 2.45) is 5.92 Å². The van der Waals surface area contributed by atoms with Gasteiger partial charge < -0.3 is 9.32 Å². The summed E-state index contributed by atoms with van der Waals surface area (Å²) in [5, 5.41) is 0.490. The Morgan fingerprint density at radius 3 is 2.95 bits per heavy atom. The van der Waals surface area contributed by atoms with Crippen molar-refractivity contribution in [2.45, 2.75) is 32.7 Å². The van der Waals surface area contributed by atoms with Gasteiger partial charge in [-0.2, -0.15) is 0 Å². The Kier molecular flexibility index (Phi) is 3.66. The van der Waals surface area contributed by atoms with Crippen LogP contribution in [0.4, 0.5) is 5.82 Å². The molecule has 1 aliphatic rings. The number of rotatable bonds is 2. The first-order valence-corrected chi connectivity index (χ1v) is 7.32. The summed E-state index contributed by atoms with van der Waals surface area (Å²) in [4.78, 5) is 10.9. The van der Waals surface area contributed by atoms with Gasteiger partial charge in [-0.3, -0.25) is 0 Å². The molecule has 3 rings (SSSR count). The normalized spacial score (nSPS) is 23.1. The molecule has 20 heavy (non-hydrogen) atoms. The minimum Gasteiger partial charge on any atom is -0.467 e. The Hall–Kier alpha value is -1.55. The van der Waals surface area contributed by atoms with Gasteiger partial charge in [-0.25, -0.2) is 9.97 Å². The highest BCUT2D eigenvalue weighted by Crippen LogP contribution is 2.37. The van der Waals surface area contributed by atoms with Crippen LogP contribution in [0.25, 0.3) is 0 Å². The van der Waals surface area contributed by atoms with E-state index in [1.165, 1.54) is 0 Å². The Balaban J connectivity index is 1.96. The Labute approximate surface area is 123 Å². The lowest BCUT2D eigenvalue weighted by Crippen LogP contribution is -2.36. The zero-order valence-electron chi connectivity index (χ0n) is 11.7. The van der Waals surface area contributed by atoms with E-state index >= 15 is 0 Å². The van der Waals surface area contributed by atoms with Crippen LogP contribution >= 0.6 is 11.6 Å². The topological polar surface area (TPSA) is 42.2 Å². The molecule has 106 valence electrons. The predicted octanol–water partition coefficient (Wildman–Crippen LogP) is 4.01. The highest BCUT2D eigenvalue weighted by Gasteiger charge is 2.30. The van der Waals surface area contributed by atoms with Crippen molar-refractivity contribution in [2.75, 3.05) is 11.4 Å². The second-order valence-corrected chi connectivity index (χ2v) is 5.84. The number of hydrogen-bond donors (Lipinski definition) is 0. The van der Waals surface area contributed by atoms with Crippen LogP contribution in [-0.2, 0) is 0 Å². The average Bonchev–Trinajstić information content (AvgIpc) is 2.91. The summed E-state index contributed by atoms with van der Waals surface area (Å²) >= 11 is 6.07. The van der Waals surface area contributed by atoms with Crippen molar-refractivity contribution in [3.8, 4) is 0 Å². The van der Waals surface area contributed by atoms with Gasteiger partial charge in [0.25, 0.3) is 0 Å². The van der Waals surface area contributed by atoms with E-state index in [4.69, 9.17) is 16.0 Å². The quantitative estimate of drug-likeness (QED) is 0.784. The van der Waals surface area contributed by atoms with E-state index in [1.54, 1.807) is 6.26 Å². The van der Waals surface area contributed by atoms with Crippen LogP contribution in [0.2, 0.25) is 5.15 Å². The van der Waals surface area contributed by atoms with Crippen molar-refractivity contribution in [1.29, 1.82) is 0 Å². The van der Waals surface area contributed by atoms with E-state index < -0.39 is 0 Å². The molecule has 0 aliphatic carbocycles. The zero-order chi connectivity index (χ0) is 14.1. The number of hydrogen-bond acceptors (Lipinski definition) is 4. The third-order valence-corrected chi connectivity index (χ3v) is 4.02. The van der Waals surface area contributed by atoms with Crippen molar-refractivity contribution in [3.05, 3.63) is 41.2 Å². The first-order chi connectivity index (χ1) is 9.63. The number of furan rings is 1. The molecule has 3 heterocycles. The number of aryl methyl sites for hydroxylation is 1. The van der Waals surface area contributed by atoms with Crippen LogP contribution in [0.3, 0.4) is 0 Å². The van der Waals surface area contributed by atoms with Crippen LogP contribution in [-0.4, -0.2) is 16.5 Å². The van der Waals surface area contributed by atoms with Crippen LogP contribution in [0, 0.1) is 12.8 Å². The molecule has 0 bridgehead atoms.